The minimum Gasteiger partial charge on any atom is -0.282 e. The van der Waals surface area contributed by atoms with Crippen LogP contribution in [0, 0.1) is 0 Å². The van der Waals surface area contributed by atoms with Crippen LogP contribution in [0.3, 0.4) is 0 Å². The van der Waals surface area contributed by atoms with Gasteiger partial charge in [-0.25, -0.2) is 8.42 Å². The Balaban J connectivity index is 2.05. The lowest BCUT2D eigenvalue weighted by Gasteiger charge is -2.12. The Morgan fingerprint density at radius 2 is 1.88 bits per heavy atom. The third-order valence-corrected chi connectivity index (χ3v) is 5.97. The zero-order valence-electron chi connectivity index (χ0n) is 13.8. The van der Waals surface area contributed by atoms with Crippen LogP contribution in [0.5, 0.6) is 0 Å². The van der Waals surface area contributed by atoms with Crippen molar-refractivity contribution in [3.63, 3.8) is 0 Å². The van der Waals surface area contributed by atoms with E-state index in [1.165, 1.54) is 6.07 Å². The summed E-state index contributed by atoms with van der Waals surface area (Å²) in [5.74, 6) is 0. The van der Waals surface area contributed by atoms with Crippen LogP contribution in [0.15, 0.2) is 47.3 Å². The summed E-state index contributed by atoms with van der Waals surface area (Å²) in [6.07, 6.45) is 0. The lowest BCUT2D eigenvalue weighted by molar-refractivity contribution is 0.593. The van der Waals surface area contributed by atoms with E-state index < -0.39 is 15.3 Å². The maximum atomic E-state index is 12.3. The van der Waals surface area contributed by atoms with Gasteiger partial charge in [0.25, 0.3) is 5.56 Å². The molecule has 0 spiro atoms. The summed E-state index contributed by atoms with van der Waals surface area (Å²) in [5, 5.41) is 2.77. The van der Waals surface area contributed by atoms with Gasteiger partial charge in [0.15, 0.2) is 0 Å². The van der Waals surface area contributed by atoms with Gasteiger partial charge in [0, 0.05) is 0 Å². The molecule has 0 bridgehead atoms. The zero-order chi connectivity index (χ0) is 18.2. The van der Waals surface area contributed by atoms with Crippen LogP contribution in [0.4, 0.5) is 5.69 Å². The Morgan fingerprint density at radius 1 is 1.20 bits per heavy atom. The van der Waals surface area contributed by atoms with Crippen LogP contribution in [0.2, 0.25) is 5.02 Å². The van der Waals surface area contributed by atoms with Crippen LogP contribution in [-0.4, -0.2) is 23.4 Å². The van der Waals surface area contributed by atoms with Crippen LogP contribution < -0.4 is 10.3 Å². The summed E-state index contributed by atoms with van der Waals surface area (Å²) in [5.41, 5.74) is 1.54. The molecular formula is C17H18ClN3O3S. The molecule has 2 N–H and O–H groups in total. The fourth-order valence-corrected chi connectivity index (χ4v) is 3.42. The van der Waals surface area contributed by atoms with Gasteiger partial charge in [-0.2, -0.15) is 0 Å². The second-order valence-corrected chi connectivity index (χ2v) is 8.70. The summed E-state index contributed by atoms with van der Waals surface area (Å²) in [6, 6.07) is 12.7. The first-order chi connectivity index (χ1) is 11.8. The number of benzene rings is 2. The largest absolute Gasteiger partial charge is 0.282 e. The van der Waals surface area contributed by atoms with E-state index >= 15 is 0 Å². The van der Waals surface area contributed by atoms with Gasteiger partial charge in [-0.15, -0.1) is 0 Å². The van der Waals surface area contributed by atoms with E-state index in [-0.39, 0.29) is 16.3 Å². The van der Waals surface area contributed by atoms with Crippen LogP contribution in [0.25, 0.3) is 10.9 Å². The summed E-state index contributed by atoms with van der Waals surface area (Å²) in [4.78, 5) is 12.3. The average molecular weight is 380 g/mol. The number of fused-ring (bicyclic) bond motifs is 1. The lowest BCUT2D eigenvalue weighted by atomic mass is 10.2. The Morgan fingerprint density at radius 3 is 2.52 bits per heavy atom. The number of rotatable bonds is 5. The van der Waals surface area contributed by atoms with Crippen molar-refractivity contribution in [2.75, 3.05) is 4.72 Å². The molecule has 0 unspecified atom stereocenters. The Kier molecular flexibility index (Phi) is 4.62. The van der Waals surface area contributed by atoms with Crippen molar-refractivity contribution in [2.24, 2.45) is 0 Å². The van der Waals surface area contributed by atoms with Crippen molar-refractivity contribution < 1.29 is 8.42 Å². The summed E-state index contributed by atoms with van der Waals surface area (Å²) in [7, 11) is -3.55. The number of sulfonamides is 1. The molecule has 0 aliphatic rings. The second kappa shape index (κ2) is 6.57. The van der Waals surface area contributed by atoms with Crippen LogP contribution >= 0.6 is 11.6 Å². The SMILES string of the molecule is CC(C)S(=O)(=O)Nc1cc2c(=O)[nH]n(Cc3ccccc3)c2cc1Cl. The van der Waals surface area contributed by atoms with Gasteiger partial charge in [0.1, 0.15) is 0 Å². The van der Waals surface area contributed by atoms with E-state index in [1.807, 2.05) is 30.3 Å². The lowest BCUT2D eigenvalue weighted by Crippen LogP contribution is -2.22. The molecule has 0 saturated heterocycles. The molecule has 0 aliphatic carbocycles. The number of nitrogens with zero attached hydrogens (tertiary/aromatic N) is 1. The number of nitrogens with one attached hydrogen (secondary N) is 2. The first kappa shape index (κ1) is 17.6. The van der Waals surface area contributed by atoms with Crippen molar-refractivity contribution in [1.29, 1.82) is 0 Å². The number of halogens is 1. The molecule has 2 aromatic carbocycles. The van der Waals surface area contributed by atoms with Crippen molar-refractivity contribution >= 4 is 38.2 Å². The summed E-state index contributed by atoms with van der Waals surface area (Å²) in [6.45, 7) is 3.61. The van der Waals surface area contributed by atoms with E-state index in [0.717, 1.165) is 5.56 Å². The maximum absolute atomic E-state index is 12.3. The first-order valence-electron chi connectivity index (χ1n) is 7.75. The predicted octanol–water partition coefficient (Wildman–Crippen LogP) is 3.18. The number of aromatic amines is 1. The number of H-pyrrole nitrogens is 1. The normalized spacial score (nSPS) is 12.0. The molecule has 1 heterocycles. The molecule has 6 nitrogen and oxygen atoms in total. The van der Waals surface area contributed by atoms with Crippen molar-refractivity contribution in [3.05, 3.63) is 63.4 Å². The highest BCUT2D eigenvalue weighted by Gasteiger charge is 2.19. The van der Waals surface area contributed by atoms with Gasteiger partial charge in [-0.05, 0) is 31.5 Å². The molecule has 0 aliphatic heterocycles. The maximum Gasteiger partial charge on any atom is 0.272 e. The molecule has 0 fully saturated rings. The topological polar surface area (TPSA) is 84.0 Å². The number of hydrogen-bond acceptors (Lipinski definition) is 3. The smallest absolute Gasteiger partial charge is 0.272 e. The highest BCUT2D eigenvalue weighted by Crippen LogP contribution is 2.28. The third kappa shape index (κ3) is 3.57. The third-order valence-electron chi connectivity index (χ3n) is 3.91. The highest BCUT2D eigenvalue weighted by molar-refractivity contribution is 7.93. The van der Waals surface area contributed by atoms with Gasteiger partial charge in [-0.3, -0.25) is 19.3 Å². The zero-order valence-corrected chi connectivity index (χ0v) is 15.4. The Hall–Kier alpha value is -2.25. The summed E-state index contributed by atoms with van der Waals surface area (Å²) < 4.78 is 28.3. The quantitative estimate of drug-likeness (QED) is 0.714. The fraction of sp³-hybridized carbons (Fsp3) is 0.235. The van der Waals surface area contributed by atoms with Gasteiger partial charge >= 0.3 is 0 Å². The van der Waals surface area contributed by atoms with Crippen LogP contribution in [0.1, 0.15) is 19.4 Å². The molecular weight excluding hydrogens is 362 g/mol. The predicted molar refractivity (Wildman–Crippen MR) is 101 cm³/mol. The average Bonchev–Trinajstić information content (AvgIpc) is 2.84. The van der Waals surface area contributed by atoms with Crippen LogP contribution in [-0.2, 0) is 16.6 Å². The molecule has 0 atom stereocenters. The number of hydrogen-bond donors (Lipinski definition) is 2. The van der Waals surface area contributed by atoms with Crippen molar-refractivity contribution in [2.45, 2.75) is 25.6 Å². The molecule has 3 aromatic rings. The monoisotopic (exact) mass is 379 g/mol. The minimum atomic E-state index is -3.55. The van der Waals surface area contributed by atoms with Gasteiger partial charge in [0.05, 0.1) is 33.4 Å². The van der Waals surface area contributed by atoms with Gasteiger partial charge in [0.2, 0.25) is 10.0 Å². The molecule has 132 valence electrons. The fourth-order valence-electron chi connectivity index (χ4n) is 2.45. The van der Waals surface area contributed by atoms with E-state index in [4.69, 9.17) is 11.6 Å². The van der Waals surface area contributed by atoms with E-state index in [1.54, 1.807) is 24.6 Å². The molecule has 0 amide bonds. The molecule has 8 heteroatoms. The molecule has 1 aromatic heterocycles. The molecule has 3 rings (SSSR count). The molecule has 0 saturated carbocycles. The number of anilines is 1. The Labute approximate surface area is 150 Å². The summed E-state index contributed by atoms with van der Waals surface area (Å²) >= 11 is 6.24. The van der Waals surface area contributed by atoms with Crippen molar-refractivity contribution in [3.8, 4) is 0 Å². The Bertz CT molecular complexity index is 1070. The van der Waals surface area contributed by atoms with Gasteiger partial charge in [-0.1, -0.05) is 41.9 Å². The minimum absolute atomic E-state index is 0.200. The first-order valence-corrected chi connectivity index (χ1v) is 9.68. The standard InChI is InChI=1S/C17H18ClN3O3S/c1-11(2)25(23,24)20-15-8-13-16(9-14(15)18)21(19-17(13)22)10-12-6-4-3-5-7-12/h3-9,11,20H,10H2,1-2H3,(H,19,22). The van der Waals surface area contributed by atoms with E-state index in [0.29, 0.717) is 17.4 Å². The molecule has 0 radical (unpaired) electrons. The van der Waals surface area contributed by atoms with Gasteiger partial charge < -0.3 is 0 Å². The molecule has 25 heavy (non-hydrogen) atoms. The highest BCUT2D eigenvalue weighted by atomic mass is 35.5. The van der Waals surface area contributed by atoms with Crippen molar-refractivity contribution in [1.82, 2.24) is 9.78 Å². The number of aromatic nitrogens is 2. The second-order valence-electron chi connectivity index (χ2n) is 6.06. The van der Waals surface area contributed by atoms with E-state index in [2.05, 4.69) is 9.82 Å². The van der Waals surface area contributed by atoms with E-state index in [9.17, 15) is 13.2 Å².